The van der Waals surface area contributed by atoms with Crippen molar-refractivity contribution in [2.24, 2.45) is 0 Å². The van der Waals surface area contributed by atoms with E-state index in [0.29, 0.717) is 19.5 Å². The van der Waals surface area contributed by atoms with Gasteiger partial charge in [0.15, 0.2) is 4.90 Å². The molecule has 1 N–H and O–H groups in total. The van der Waals surface area contributed by atoms with E-state index >= 15 is 0 Å². The predicted molar refractivity (Wildman–Crippen MR) is 130 cm³/mol. The molecule has 1 fully saturated rings. The summed E-state index contributed by atoms with van der Waals surface area (Å²) in [5.41, 5.74) is -0.585. The topological polar surface area (TPSA) is 148 Å². The summed E-state index contributed by atoms with van der Waals surface area (Å²) in [5.74, 6) is -0.520. The quantitative estimate of drug-likeness (QED) is 0.302. The second-order valence-electron chi connectivity index (χ2n) is 7.94. The van der Waals surface area contributed by atoms with Crippen molar-refractivity contribution in [3.63, 3.8) is 0 Å². The number of hydrogen-bond donors (Lipinski definition) is 1. The summed E-state index contributed by atoms with van der Waals surface area (Å²) in [6.07, 6.45) is 4.12. The number of benzene rings is 1. The van der Waals surface area contributed by atoms with Crippen molar-refractivity contribution in [3.05, 3.63) is 34.4 Å². The summed E-state index contributed by atoms with van der Waals surface area (Å²) in [6, 6.07) is 4.99. The summed E-state index contributed by atoms with van der Waals surface area (Å²) < 4.78 is 53.8. The molecule has 0 aromatic heterocycles. The van der Waals surface area contributed by atoms with Crippen molar-refractivity contribution < 1.29 is 31.7 Å². The van der Waals surface area contributed by atoms with E-state index in [1.54, 1.807) is 13.8 Å². The van der Waals surface area contributed by atoms with Gasteiger partial charge in [0.2, 0.25) is 15.9 Å². The van der Waals surface area contributed by atoms with Crippen LogP contribution in [0.3, 0.4) is 0 Å². The third-order valence-electron chi connectivity index (χ3n) is 5.45. The largest absolute Gasteiger partial charge is 0.408 e. The second-order valence-corrected chi connectivity index (χ2v) is 11.9. The van der Waals surface area contributed by atoms with Gasteiger partial charge in [-0.2, -0.15) is 4.31 Å². The van der Waals surface area contributed by atoms with Crippen molar-refractivity contribution in [2.75, 3.05) is 45.9 Å². The Morgan fingerprint density at radius 3 is 2.31 bits per heavy atom. The molecule has 14 heteroatoms. The molecule has 35 heavy (non-hydrogen) atoms. The number of carbonyl (C=O) groups excluding carboxylic acids is 1. The Labute approximate surface area is 206 Å². The highest BCUT2D eigenvalue weighted by atomic mass is 32.2. The number of nitrogens with zero attached hydrogens (tertiary/aromatic N) is 3. The molecule has 0 radical (unpaired) electrons. The van der Waals surface area contributed by atoms with Gasteiger partial charge in [0.05, 0.1) is 24.7 Å². The van der Waals surface area contributed by atoms with Crippen LogP contribution in [0.25, 0.3) is 0 Å². The first kappa shape index (κ1) is 29.3. The van der Waals surface area contributed by atoms with E-state index in [1.165, 1.54) is 16.8 Å². The zero-order chi connectivity index (χ0) is 25.9. The highest BCUT2D eigenvalue weighted by Gasteiger charge is 2.36. The van der Waals surface area contributed by atoms with Gasteiger partial charge in [-0.3, -0.25) is 24.0 Å². The molecule has 1 aliphatic rings. The number of carbonyl (C=O) groups is 1. The molecule has 1 aromatic rings. The summed E-state index contributed by atoms with van der Waals surface area (Å²) in [5, 5.41) is 14.2. The Kier molecular flexibility index (Phi) is 11.7. The van der Waals surface area contributed by atoms with Crippen LogP contribution >= 0.6 is 7.75 Å². The molecule has 12 nitrogen and oxygen atoms in total. The average molecular weight is 535 g/mol. The van der Waals surface area contributed by atoms with Gasteiger partial charge in [-0.1, -0.05) is 31.4 Å². The monoisotopic (exact) mass is 534 g/mol. The lowest BCUT2D eigenvalue weighted by molar-refractivity contribution is -0.387. The number of nitro benzene ring substituents is 1. The third kappa shape index (κ3) is 8.33. The van der Waals surface area contributed by atoms with Crippen molar-refractivity contribution >= 4 is 29.4 Å². The maximum Gasteiger partial charge on any atom is 0.408 e. The Hall–Kier alpha value is -1.89. The second kappa shape index (κ2) is 14.0. The van der Waals surface area contributed by atoms with Crippen LogP contribution in [0.1, 0.15) is 46.0 Å². The Balaban J connectivity index is 2.44. The molecule has 1 saturated heterocycles. The Bertz CT molecular complexity index is 997. The molecule has 1 amide bonds. The first-order chi connectivity index (χ1) is 16.7. The highest BCUT2D eigenvalue weighted by molar-refractivity contribution is 7.89. The molecule has 0 aliphatic carbocycles. The van der Waals surface area contributed by atoms with E-state index in [1.807, 2.05) is 0 Å². The molecule has 0 spiro atoms. The molecule has 1 heterocycles. The number of para-hydroxylation sites is 1. The SMILES string of the molecule is CCOP(=O)(OCC)N1CCCCCCCNC(=O)CN(S(=O)(=O)c2ccccc2[N+](=O)[O-])CC1. The van der Waals surface area contributed by atoms with Crippen molar-refractivity contribution in [1.82, 2.24) is 14.3 Å². The minimum absolute atomic E-state index is 0.0512. The lowest BCUT2D eigenvalue weighted by atomic mass is 10.1. The number of rotatable bonds is 8. The molecule has 2 rings (SSSR count). The van der Waals surface area contributed by atoms with Crippen LogP contribution in [-0.2, 0) is 28.4 Å². The van der Waals surface area contributed by atoms with Gasteiger partial charge in [0, 0.05) is 32.2 Å². The number of amides is 1. The maximum atomic E-state index is 13.5. The Morgan fingerprint density at radius 2 is 1.66 bits per heavy atom. The zero-order valence-electron chi connectivity index (χ0n) is 20.3. The van der Waals surface area contributed by atoms with Gasteiger partial charge in [-0.25, -0.2) is 17.7 Å². The fraction of sp³-hybridized carbons (Fsp3) is 0.667. The van der Waals surface area contributed by atoms with Crippen LogP contribution in [0.4, 0.5) is 5.69 Å². The number of sulfonamides is 1. The van der Waals surface area contributed by atoms with Gasteiger partial charge in [-0.05, 0) is 32.8 Å². The van der Waals surface area contributed by atoms with Crippen molar-refractivity contribution in [2.45, 2.75) is 50.8 Å². The van der Waals surface area contributed by atoms with E-state index < -0.39 is 45.7 Å². The molecular weight excluding hydrogens is 499 g/mol. The average Bonchev–Trinajstić information content (AvgIpc) is 2.81. The summed E-state index contributed by atoms with van der Waals surface area (Å²) in [4.78, 5) is 22.8. The summed E-state index contributed by atoms with van der Waals surface area (Å²) in [7, 11) is -8.14. The maximum absolute atomic E-state index is 13.5. The minimum Gasteiger partial charge on any atom is -0.355 e. The molecule has 1 aliphatic heterocycles. The zero-order valence-corrected chi connectivity index (χ0v) is 22.0. The number of nitro groups is 1. The normalized spacial score (nSPS) is 18.5. The lowest BCUT2D eigenvalue weighted by Crippen LogP contribution is -2.44. The Morgan fingerprint density at radius 1 is 1.03 bits per heavy atom. The first-order valence-corrected chi connectivity index (χ1v) is 14.7. The van der Waals surface area contributed by atoms with E-state index in [0.717, 1.165) is 42.1 Å². The van der Waals surface area contributed by atoms with Gasteiger partial charge in [-0.15, -0.1) is 0 Å². The number of hydrogen-bond acceptors (Lipinski definition) is 8. The molecule has 0 saturated carbocycles. The van der Waals surface area contributed by atoms with Crippen LogP contribution < -0.4 is 5.32 Å². The minimum atomic E-state index is -4.44. The van der Waals surface area contributed by atoms with E-state index in [2.05, 4.69) is 5.32 Å². The van der Waals surface area contributed by atoms with Gasteiger partial charge in [0.1, 0.15) is 0 Å². The van der Waals surface area contributed by atoms with Crippen molar-refractivity contribution in [3.8, 4) is 0 Å². The van der Waals surface area contributed by atoms with Crippen LogP contribution in [0, 0.1) is 10.1 Å². The molecule has 0 bridgehead atoms. The molecule has 0 unspecified atom stereocenters. The van der Waals surface area contributed by atoms with Gasteiger partial charge >= 0.3 is 7.75 Å². The molecule has 1 aromatic carbocycles. The molecule has 0 atom stereocenters. The van der Waals surface area contributed by atoms with E-state index in [-0.39, 0.29) is 26.3 Å². The fourth-order valence-electron chi connectivity index (χ4n) is 3.75. The van der Waals surface area contributed by atoms with E-state index in [4.69, 9.17) is 9.05 Å². The number of nitrogens with one attached hydrogen (secondary N) is 1. The molecule has 198 valence electrons. The van der Waals surface area contributed by atoms with Gasteiger partial charge in [0.25, 0.3) is 5.69 Å². The van der Waals surface area contributed by atoms with Crippen molar-refractivity contribution in [1.29, 1.82) is 0 Å². The standard InChI is InChI=1S/C21H35N4O8PS/c1-3-32-34(29,33-4-2)23-15-11-7-5-6-10-14-22-21(26)18-24(17-16-23)35(30,31)20-13-9-8-12-19(20)25(27)28/h8-9,12-13H,3-7,10-11,14-18H2,1-2H3,(H,22,26). The van der Waals surface area contributed by atoms with Gasteiger partial charge < -0.3 is 5.32 Å². The first-order valence-electron chi connectivity index (χ1n) is 11.8. The van der Waals surface area contributed by atoms with Crippen LogP contribution in [-0.4, -0.2) is 74.2 Å². The van der Waals surface area contributed by atoms with E-state index in [9.17, 15) is 27.9 Å². The molecular formula is C21H35N4O8PS. The third-order valence-corrected chi connectivity index (χ3v) is 9.61. The van der Waals surface area contributed by atoms with Crippen LogP contribution in [0.5, 0.6) is 0 Å². The predicted octanol–water partition coefficient (Wildman–Crippen LogP) is 3.15. The highest BCUT2D eigenvalue weighted by Crippen LogP contribution is 2.52. The summed E-state index contributed by atoms with van der Waals surface area (Å²) >= 11 is 0. The lowest BCUT2D eigenvalue weighted by Gasteiger charge is -2.31. The van der Waals surface area contributed by atoms with Crippen LogP contribution in [0.15, 0.2) is 29.2 Å². The fourth-order valence-corrected chi connectivity index (χ4v) is 7.07. The smallest absolute Gasteiger partial charge is 0.355 e. The van der Waals surface area contributed by atoms with Crippen LogP contribution in [0.2, 0.25) is 0 Å². The summed E-state index contributed by atoms with van der Waals surface area (Å²) in [6.45, 7) is 3.57.